The Morgan fingerprint density at radius 2 is 2.06 bits per heavy atom. The third-order valence-electron chi connectivity index (χ3n) is 3.15. The van der Waals surface area contributed by atoms with Crippen molar-refractivity contribution >= 4 is 6.01 Å². The van der Waals surface area contributed by atoms with Gasteiger partial charge in [0.2, 0.25) is 0 Å². The van der Waals surface area contributed by atoms with E-state index in [2.05, 4.69) is 22.1 Å². The molecule has 0 bridgehead atoms. The molecule has 96 valence electrons. The molecule has 4 nitrogen and oxygen atoms in total. The lowest BCUT2D eigenvalue weighted by Crippen LogP contribution is -2.24. The second kappa shape index (κ2) is 6.64. The van der Waals surface area contributed by atoms with Crippen LogP contribution in [0.4, 0.5) is 6.01 Å². The highest BCUT2D eigenvalue weighted by Gasteiger charge is 2.14. The highest BCUT2D eigenvalue weighted by molar-refractivity contribution is 5.26. The molecule has 17 heavy (non-hydrogen) atoms. The molecular weight excluding hydrogens is 214 g/mol. The molecule has 1 saturated heterocycles. The van der Waals surface area contributed by atoms with E-state index < -0.39 is 0 Å². The maximum atomic E-state index is 5.57. The number of anilines is 1. The zero-order valence-corrected chi connectivity index (χ0v) is 10.7. The maximum Gasteiger partial charge on any atom is 0.297 e. The average molecular weight is 237 g/mol. The number of aromatic nitrogens is 1. The molecule has 1 N–H and O–H groups in total. The van der Waals surface area contributed by atoms with Crippen LogP contribution in [-0.4, -0.2) is 24.6 Å². The normalized spacial score (nSPS) is 17.1. The predicted molar refractivity (Wildman–Crippen MR) is 69.2 cm³/mol. The first kappa shape index (κ1) is 12.4. The molecule has 0 radical (unpaired) electrons. The Morgan fingerprint density at radius 3 is 2.76 bits per heavy atom. The van der Waals surface area contributed by atoms with Crippen LogP contribution in [0.25, 0.3) is 0 Å². The van der Waals surface area contributed by atoms with Crippen molar-refractivity contribution in [3.05, 3.63) is 12.0 Å². The largest absolute Gasteiger partial charge is 0.432 e. The lowest BCUT2D eigenvalue weighted by atomic mass is 10.2. The minimum Gasteiger partial charge on any atom is -0.432 e. The number of hydrogen-bond donors (Lipinski definition) is 1. The van der Waals surface area contributed by atoms with Crippen molar-refractivity contribution < 1.29 is 4.42 Å². The van der Waals surface area contributed by atoms with Crippen LogP contribution in [-0.2, 0) is 6.54 Å². The van der Waals surface area contributed by atoms with Crippen LogP contribution in [0, 0.1) is 0 Å². The Labute approximate surface area is 103 Å². The van der Waals surface area contributed by atoms with Crippen molar-refractivity contribution in [2.75, 3.05) is 24.5 Å². The summed E-state index contributed by atoms with van der Waals surface area (Å²) in [6.07, 6.45) is 8.11. The molecule has 4 heteroatoms. The van der Waals surface area contributed by atoms with Crippen LogP contribution in [0.3, 0.4) is 0 Å². The molecule has 1 aromatic rings. The third kappa shape index (κ3) is 3.73. The topological polar surface area (TPSA) is 41.3 Å². The molecule has 0 aliphatic carbocycles. The van der Waals surface area contributed by atoms with Gasteiger partial charge in [0.05, 0.1) is 5.69 Å². The van der Waals surface area contributed by atoms with E-state index in [0.717, 1.165) is 44.3 Å². The van der Waals surface area contributed by atoms with Gasteiger partial charge in [-0.3, -0.25) is 0 Å². The van der Waals surface area contributed by atoms with Crippen LogP contribution in [0.2, 0.25) is 0 Å². The van der Waals surface area contributed by atoms with Gasteiger partial charge in [-0.1, -0.05) is 19.8 Å². The summed E-state index contributed by atoms with van der Waals surface area (Å²) in [4.78, 5) is 6.82. The highest BCUT2D eigenvalue weighted by Crippen LogP contribution is 2.18. The first-order chi connectivity index (χ1) is 8.40. The van der Waals surface area contributed by atoms with E-state index in [1.54, 1.807) is 6.26 Å². The highest BCUT2D eigenvalue weighted by atomic mass is 16.4. The molecule has 0 spiro atoms. The molecule has 0 aromatic carbocycles. The van der Waals surface area contributed by atoms with Crippen LogP contribution >= 0.6 is 0 Å². The summed E-state index contributed by atoms with van der Waals surface area (Å²) >= 11 is 0. The van der Waals surface area contributed by atoms with Gasteiger partial charge in [0, 0.05) is 19.6 Å². The molecule has 1 aliphatic rings. The Morgan fingerprint density at radius 1 is 1.29 bits per heavy atom. The van der Waals surface area contributed by atoms with Gasteiger partial charge in [-0.25, -0.2) is 0 Å². The first-order valence-corrected chi connectivity index (χ1v) is 6.80. The fourth-order valence-electron chi connectivity index (χ4n) is 2.18. The number of oxazole rings is 1. The SMILES string of the molecule is CCCNCc1coc(N2CCCCCC2)n1. The summed E-state index contributed by atoms with van der Waals surface area (Å²) < 4.78 is 5.57. The minimum absolute atomic E-state index is 0.806. The van der Waals surface area contributed by atoms with E-state index in [9.17, 15) is 0 Å². The number of nitrogens with one attached hydrogen (secondary N) is 1. The summed E-state index contributed by atoms with van der Waals surface area (Å²) in [5, 5.41) is 3.34. The Hall–Kier alpha value is -1.03. The predicted octanol–water partition coefficient (Wildman–Crippen LogP) is 2.55. The summed E-state index contributed by atoms with van der Waals surface area (Å²) in [5.41, 5.74) is 1.01. The van der Waals surface area contributed by atoms with E-state index in [0.29, 0.717) is 0 Å². The lowest BCUT2D eigenvalue weighted by molar-refractivity contribution is 0.532. The Balaban J connectivity index is 1.87. The van der Waals surface area contributed by atoms with Gasteiger partial charge < -0.3 is 14.6 Å². The fourth-order valence-corrected chi connectivity index (χ4v) is 2.18. The van der Waals surface area contributed by atoms with Crippen molar-refractivity contribution in [2.45, 2.75) is 45.6 Å². The van der Waals surface area contributed by atoms with Gasteiger partial charge in [-0.05, 0) is 25.8 Å². The summed E-state index contributed by atoms with van der Waals surface area (Å²) in [5.74, 6) is 0. The van der Waals surface area contributed by atoms with Gasteiger partial charge in [-0.15, -0.1) is 0 Å². The van der Waals surface area contributed by atoms with E-state index in [-0.39, 0.29) is 0 Å². The van der Waals surface area contributed by atoms with Gasteiger partial charge in [0.1, 0.15) is 6.26 Å². The van der Waals surface area contributed by atoms with Gasteiger partial charge >= 0.3 is 0 Å². The number of nitrogens with zero attached hydrogens (tertiary/aromatic N) is 2. The number of hydrogen-bond acceptors (Lipinski definition) is 4. The quantitative estimate of drug-likeness (QED) is 0.799. The van der Waals surface area contributed by atoms with Gasteiger partial charge in [0.25, 0.3) is 6.01 Å². The number of rotatable bonds is 5. The van der Waals surface area contributed by atoms with Gasteiger partial charge in [0.15, 0.2) is 0 Å². The Kier molecular flexibility index (Phi) is 4.86. The molecule has 0 saturated carbocycles. The van der Waals surface area contributed by atoms with E-state index in [1.165, 1.54) is 25.7 Å². The van der Waals surface area contributed by atoms with E-state index >= 15 is 0 Å². The van der Waals surface area contributed by atoms with E-state index in [4.69, 9.17) is 4.42 Å². The zero-order valence-electron chi connectivity index (χ0n) is 10.7. The van der Waals surface area contributed by atoms with Crippen molar-refractivity contribution in [1.82, 2.24) is 10.3 Å². The first-order valence-electron chi connectivity index (χ1n) is 6.80. The molecule has 2 heterocycles. The molecule has 1 aliphatic heterocycles. The standard InChI is InChI=1S/C13H23N3O/c1-2-7-14-10-12-11-17-13(15-12)16-8-5-3-4-6-9-16/h11,14H,2-10H2,1H3. The molecule has 1 fully saturated rings. The zero-order chi connectivity index (χ0) is 11.9. The molecule has 0 unspecified atom stereocenters. The van der Waals surface area contributed by atoms with Crippen molar-refractivity contribution in [1.29, 1.82) is 0 Å². The second-order valence-corrected chi connectivity index (χ2v) is 4.70. The molecular formula is C13H23N3O. The van der Waals surface area contributed by atoms with Crippen LogP contribution < -0.4 is 10.2 Å². The van der Waals surface area contributed by atoms with E-state index in [1.807, 2.05) is 0 Å². The fraction of sp³-hybridized carbons (Fsp3) is 0.769. The van der Waals surface area contributed by atoms with Crippen molar-refractivity contribution in [3.8, 4) is 0 Å². The summed E-state index contributed by atoms with van der Waals surface area (Å²) in [7, 11) is 0. The summed E-state index contributed by atoms with van der Waals surface area (Å²) in [6.45, 7) is 6.18. The molecule has 1 aromatic heterocycles. The minimum atomic E-state index is 0.806. The van der Waals surface area contributed by atoms with Crippen molar-refractivity contribution in [3.63, 3.8) is 0 Å². The molecule has 0 atom stereocenters. The summed E-state index contributed by atoms with van der Waals surface area (Å²) in [6, 6.07) is 0.806. The monoisotopic (exact) mass is 237 g/mol. The molecule has 2 rings (SSSR count). The van der Waals surface area contributed by atoms with Crippen molar-refractivity contribution in [2.24, 2.45) is 0 Å². The van der Waals surface area contributed by atoms with Crippen LogP contribution in [0.5, 0.6) is 0 Å². The second-order valence-electron chi connectivity index (χ2n) is 4.70. The lowest BCUT2D eigenvalue weighted by Gasteiger charge is -2.16. The average Bonchev–Trinajstić information content (AvgIpc) is 2.64. The molecule has 0 amide bonds. The van der Waals surface area contributed by atoms with Gasteiger partial charge in [-0.2, -0.15) is 4.98 Å². The Bertz CT molecular complexity index is 316. The van der Waals surface area contributed by atoms with Crippen LogP contribution in [0.1, 0.15) is 44.7 Å². The maximum absolute atomic E-state index is 5.57. The van der Waals surface area contributed by atoms with Crippen LogP contribution in [0.15, 0.2) is 10.7 Å². The third-order valence-corrected chi connectivity index (χ3v) is 3.15. The smallest absolute Gasteiger partial charge is 0.297 e.